The van der Waals surface area contributed by atoms with Crippen molar-refractivity contribution in [3.63, 3.8) is 0 Å². The van der Waals surface area contributed by atoms with Crippen LogP contribution in [0.2, 0.25) is 0 Å². The van der Waals surface area contributed by atoms with Crippen LogP contribution in [-0.2, 0) is 4.79 Å². The number of hydrogen-bond acceptors (Lipinski definition) is 5. The lowest BCUT2D eigenvalue weighted by molar-refractivity contribution is -0.117. The predicted octanol–water partition coefficient (Wildman–Crippen LogP) is -0.175. The second-order valence-electron chi connectivity index (χ2n) is 4.10. The Balaban J connectivity index is 1.79. The zero-order valence-electron chi connectivity index (χ0n) is 9.49. The van der Waals surface area contributed by atoms with E-state index in [0.717, 1.165) is 13.1 Å². The Morgan fingerprint density at radius 3 is 3.00 bits per heavy atom. The molecule has 6 heteroatoms. The molecule has 0 aromatic carbocycles. The molecule has 0 saturated carbocycles. The zero-order valence-corrected chi connectivity index (χ0v) is 9.49. The minimum atomic E-state index is -0.0669. The molecule has 1 amide bonds. The van der Waals surface area contributed by atoms with E-state index >= 15 is 0 Å². The first-order valence-corrected chi connectivity index (χ1v) is 5.29. The van der Waals surface area contributed by atoms with Gasteiger partial charge in [-0.2, -0.15) is 0 Å². The van der Waals surface area contributed by atoms with Gasteiger partial charge in [-0.3, -0.25) is 9.69 Å². The molecule has 0 spiro atoms. The Morgan fingerprint density at radius 1 is 1.75 bits per heavy atom. The monoisotopic (exact) mass is 224 g/mol. The maximum Gasteiger partial charge on any atom is 0.239 e. The van der Waals surface area contributed by atoms with Crippen LogP contribution in [0.1, 0.15) is 5.76 Å². The Kier molecular flexibility index (Phi) is 3.21. The molecule has 0 unspecified atom stereocenters. The van der Waals surface area contributed by atoms with E-state index in [9.17, 15) is 4.79 Å². The van der Waals surface area contributed by atoms with Gasteiger partial charge in [-0.15, -0.1) is 0 Å². The molecule has 0 aliphatic carbocycles. The maximum atomic E-state index is 11.6. The van der Waals surface area contributed by atoms with Crippen molar-refractivity contribution in [3.8, 4) is 0 Å². The molecule has 88 valence electrons. The molecule has 2 N–H and O–H groups in total. The number of nitrogens with one attached hydrogen (secondary N) is 2. The summed E-state index contributed by atoms with van der Waals surface area (Å²) in [5.74, 6) is 1.09. The van der Waals surface area contributed by atoms with Crippen LogP contribution >= 0.6 is 0 Å². The molecule has 1 aliphatic rings. The van der Waals surface area contributed by atoms with Crippen molar-refractivity contribution in [2.24, 2.45) is 0 Å². The van der Waals surface area contributed by atoms with Gasteiger partial charge in [-0.25, -0.2) is 0 Å². The number of carbonyl (C=O) groups is 1. The van der Waals surface area contributed by atoms with E-state index in [1.807, 2.05) is 11.9 Å². The molecule has 0 radical (unpaired) electrons. The molecule has 1 aromatic heterocycles. The van der Waals surface area contributed by atoms with Crippen molar-refractivity contribution in [3.05, 3.63) is 11.8 Å². The number of likely N-dealkylation sites (N-methyl/N-ethyl adjacent to an activating group) is 1. The molecular formula is C10H16N4O2. The number of rotatable bonds is 4. The maximum absolute atomic E-state index is 11.6. The highest BCUT2D eigenvalue weighted by atomic mass is 16.5. The fraction of sp³-hybridized carbons (Fsp3) is 0.600. The van der Waals surface area contributed by atoms with E-state index < -0.39 is 0 Å². The lowest BCUT2D eigenvalue weighted by Crippen LogP contribution is -2.57. The lowest BCUT2D eigenvalue weighted by atomic mass is 10.1. The quantitative estimate of drug-likeness (QED) is 0.742. The average molecular weight is 224 g/mol. The molecular weight excluding hydrogens is 208 g/mol. The van der Waals surface area contributed by atoms with Gasteiger partial charge in [0.05, 0.1) is 6.54 Å². The second kappa shape index (κ2) is 4.63. The van der Waals surface area contributed by atoms with E-state index in [4.69, 9.17) is 4.52 Å². The van der Waals surface area contributed by atoms with Gasteiger partial charge < -0.3 is 15.2 Å². The molecule has 16 heavy (non-hydrogen) atoms. The standard InChI is InChI=1S/C10H16N4O2/c1-7-3-9(13-16-7)12-10(15)6-14(2)8-4-11-5-8/h3,8,11H,4-6H2,1-2H3,(H,12,13,15). The molecule has 1 saturated heterocycles. The highest BCUT2D eigenvalue weighted by Crippen LogP contribution is 2.07. The van der Waals surface area contributed by atoms with Gasteiger partial charge in [0.25, 0.3) is 0 Å². The number of anilines is 1. The van der Waals surface area contributed by atoms with Crippen LogP contribution in [-0.4, -0.2) is 48.7 Å². The summed E-state index contributed by atoms with van der Waals surface area (Å²) in [6.07, 6.45) is 0. The van der Waals surface area contributed by atoms with E-state index in [2.05, 4.69) is 15.8 Å². The van der Waals surface area contributed by atoms with Crippen molar-refractivity contribution in [2.75, 3.05) is 32.0 Å². The number of hydrogen-bond donors (Lipinski definition) is 2. The molecule has 2 heterocycles. The summed E-state index contributed by atoms with van der Waals surface area (Å²) >= 11 is 0. The summed E-state index contributed by atoms with van der Waals surface area (Å²) < 4.78 is 4.86. The lowest BCUT2D eigenvalue weighted by Gasteiger charge is -2.35. The van der Waals surface area contributed by atoms with E-state index in [0.29, 0.717) is 24.2 Å². The Morgan fingerprint density at radius 2 is 2.50 bits per heavy atom. The zero-order chi connectivity index (χ0) is 11.5. The fourth-order valence-corrected chi connectivity index (χ4v) is 1.55. The third-order valence-corrected chi connectivity index (χ3v) is 2.67. The number of nitrogens with zero attached hydrogens (tertiary/aromatic N) is 2. The van der Waals surface area contributed by atoms with Crippen LogP contribution < -0.4 is 10.6 Å². The molecule has 1 fully saturated rings. The van der Waals surface area contributed by atoms with Gasteiger partial charge in [0, 0.05) is 25.2 Å². The molecule has 2 rings (SSSR count). The summed E-state index contributed by atoms with van der Waals surface area (Å²) in [6.45, 7) is 4.06. The van der Waals surface area contributed by atoms with E-state index in [-0.39, 0.29) is 5.91 Å². The van der Waals surface area contributed by atoms with Crippen molar-refractivity contribution < 1.29 is 9.32 Å². The molecule has 1 aliphatic heterocycles. The first kappa shape index (κ1) is 11.1. The predicted molar refractivity (Wildman–Crippen MR) is 59.2 cm³/mol. The summed E-state index contributed by atoms with van der Waals surface area (Å²) in [5, 5.41) is 9.56. The Labute approximate surface area is 94.0 Å². The molecule has 0 bridgehead atoms. The molecule has 0 atom stereocenters. The highest BCUT2D eigenvalue weighted by molar-refractivity contribution is 5.91. The topological polar surface area (TPSA) is 70.4 Å². The van der Waals surface area contributed by atoms with Crippen LogP contribution in [0, 0.1) is 6.92 Å². The van der Waals surface area contributed by atoms with Crippen LogP contribution in [0.25, 0.3) is 0 Å². The van der Waals surface area contributed by atoms with Gasteiger partial charge in [0.2, 0.25) is 5.91 Å². The number of amides is 1. The van der Waals surface area contributed by atoms with Crippen LogP contribution in [0.3, 0.4) is 0 Å². The minimum absolute atomic E-state index is 0.0669. The van der Waals surface area contributed by atoms with Gasteiger partial charge in [0.1, 0.15) is 5.76 Å². The molecule has 6 nitrogen and oxygen atoms in total. The largest absolute Gasteiger partial charge is 0.360 e. The van der Waals surface area contributed by atoms with Crippen LogP contribution in [0.5, 0.6) is 0 Å². The van der Waals surface area contributed by atoms with Crippen molar-refractivity contribution in [1.29, 1.82) is 0 Å². The first-order valence-electron chi connectivity index (χ1n) is 5.29. The van der Waals surface area contributed by atoms with E-state index in [1.54, 1.807) is 13.0 Å². The summed E-state index contributed by atoms with van der Waals surface area (Å²) in [7, 11) is 1.94. The minimum Gasteiger partial charge on any atom is -0.360 e. The third-order valence-electron chi connectivity index (χ3n) is 2.67. The van der Waals surface area contributed by atoms with Crippen molar-refractivity contribution >= 4 is 11.7 Å². The van der Waals surface area contributed by atoms with Gasteiger partial charge in [-0.1, -0.05) is 5.16 Å². The molecule has 1 aromatic rings. The number of aryl methyl sites for hydroxylation is 1. The van der Waals surface area contributed by atoms with Crippen molar-refractivity contribution in [1.82, 2.24) is 15.4 Å². The fourth-order valence-electron chi connectivity index (χ4n) is 1.55. The second-order valence-corrected chi connectivity index (χ2v) is 4.10. The normalized spacial score (nSPS) is 16.2. The SMILES string of the molecule is Cc1cc(NC(=O)CN(C)C2CNC2)no1. The smallest absolute Gasteiger partial charge is 0.239 e. The van der Waals surface area contributed by atoms with Gasteiger partial charge in [-0.05, 0) is 14.0 Å². The third kappa shape index (κ3) is 2.59. The summed E-state index contributed by atoms with van der Waals surface area (Å²) in [5.41, 5.74) is 0. The summed E-state index contributed by atoms with van der Waals surface area (Å²) in [6, 6.07) is 2.16. The van der Waals surface area contributed by atoms with Gasteiger partial charge >= 0.3 is 0 Å². The van der Waals surface area contributed by atoms with Crippen molar-refractivity contribution in [2.45, 2.75) is 13.0 Å². The average Bonchev–Trinajstić information content (AvgIpc) is 2.47. The Hall–Kier alpha value is -1.40. The van der Waals surface area contributed by atoms with Crippen LogP contribution in [0.15, 0.2) is 10.6 Å². The van der Waals surface area contributed by atoms with Crippen LogP contribution in [0.4, 0.5) is 5.82 Å². The highest BCUT2D eigenvalue weighted by Gasteiger charge is 2.23. The summed E-state index contributed by atoms with van der Waals surface area (Å²) in [4.78, 5) is 13.6. The number of carbonyl (C=O) groups excluding carboxylic acids is 1. The number of aromatic nitrogens is 1. The van der Waals surface area contributed by atoms with Gasteiger partial charge in [0.15, 0.2) is 5.82 Å². The Bertz CT molecular complexity index is 373. The first-order chi connectivity index (χ1) is 7.65. The van der Waals surface area contributed by atoms with E-state index in [1.165, 1.54) is 0 Å².